The first-order chi connectivity index (χ1) is 9.56. The Bertz CT molecular complexity index is 465. The molecule has 1 saturated carbocycles. The minimum Gasteiger partial charge on any atom is -0.356 e. The van der Waals surface area contributed by atoms with Gasteiger partial charge in [0.2, 0.25) is 0 Å². The average molecular weight is 276 g/mol. The molecule has 3 rings (SSSR count). The molecule has 20 heavy (non-hydrogen) atoms. The Hall–Kier alpha value is -1.03. The molecule has 0 bridgehead atoms. The van der Waals surface area contributed by atoms with Crippen LogP contribution in [0.15, 0.2) is 0 Å². The SMILES string of the molecule is Cc1nn(C)c(N2CC3CCCC3C2)c1CNC(C)C. The van der Waals surface area contributed by atoms with Gasteiger partial charge in [-0.2, -0.15) is 5.10 Å². The monoisotopic (exact) mass is 276 g/mol. The van der Waals surface area contributed by atoms with E-state index in [9.17, 15) is 0 Å². The third kappa shape index (κ3) is 2.46. The van der Waals surface area contributed by atoms with Crippen LogP contribution in [0.5, 0.6) is 0 Å². The Morgan fingerprint density at radius 3 is 2.50 bits per heavy atom. The van der Waals surface area contributed by atoms with Crippen LogP contribution in [0.2, 0.25) is 0 Å². The summed E-state index contributed by atoms with van der Waals surface area (Å²) in [5.41, 5.74) is 2.56. The molecule has 2 fully saturated rings. The Balaban J connectivity index is 1.81. The molecule has 1 N–H and O–H groups in total. The molecule has 1 aliphatic carbocycles. The van der Waals surface area contributed by atoms with Crippen LogP contribution in [-0.2, 0) is 13.6 Å². The number of fused-ring (bicyclic) bond motifs is 1. The van der Waals surface area contributed by atoms with E-state index in [0.29, 0.717) is 6.04 Å². The van der Waals surface area contributed by atoms with Gasteiger partial charge in [-0.05, 0) is 31.6 Å². The summed E-state index contributed by atoms with van der Waals surface area (Å²) in [4.78, 5) is 2.59. The van der Waals surface area contributed by atoms with Gasteiger partial charge >= 0.3 is 0 Å². The van der Waals surface area contributed by atoms with Crippen LogP contribution >= 0.6 is 0 Å². The van der Waals surface area contributed by atoms with E-state index in [1.165, 1.54) is 49.4 Å². The molecular weight excluding hydrogens is 248 g/mol. The smallest absolute Gasteiger partial charge is 0.131 e. The molecule has 0 aromatic carbocycles. The lowest BCUT2D eigenvalue weighted by atomic mass is 10.0. The maximum Gasteiger partial charge on any atom is 0.131 e. The van der Waals surface area contributed by atoms with Crippen molar-refractivity contribution in [3.05, 3.63) is 11.3 Å². The number of aryl methyl sites for hydroxylation is 2. The van der Waals surface area contributed by atoms with Gasteiger partial charge in [-0.1, -0.05) is 20.3 Å². The van der Waals surface area contributed by atoms with Crippen molar-refractivity contribution in [2.24, 2.45) is 18.9 Å². The van der Waals surface area contributed by atoms with E-state index in [1.54, 1.807) is 0 Å². The van der Waals surface area contributed by atoms with Crippen molar-refractivity contribution < 1.29 is 0 Å². The molecule has 1 saturated heterocycles. The van der Waals surface area contributed by atoms with Crippen LogP contribution in [0.4, 0.5) is 5.82 Å². The van der Waals surface area contributed by atoms with Crippen molar-refractivity contribution in [1.82, 2.24) is 15.1 Å². The van der Waals surface area contributed by atoms with Gasteiger partial charge in [0, 0.05) is 38.3 Å². The summed E-state index contributed by atoms with van der Waals surface area (Å²) in [5, 5.41) is 8.21. The second kappa shape index (κ2) is 5.40. The van der Waals surface area contributed by atoms with Crippen molar-refractivity contribution in [2.75, 3.05) is 18.0 Å². The number of anilines is 1. The predicted molar refractivity (Wildman–Crippen MR) is 83.0 cm³/mol. The topological polar surface area (TPSA) is 33.1 Å². The van der Waals surface area contributed by atoms with E-state index < -0.39 is 0 Å². The van der Waals surface area contributed by atoms with Crippen LogP contribution in [0.25, 0.3) is 0 Å². The number of nitrogens with zero attached hydrogens (tertiary/aromatic N) is 3. The van der Waals surface area contributed by atoms with Gasteiger partial charge in [-0.3, -0.25) is 4.68 Å². The first kappa shape index (κ1) is 13.9. The molecule has 112 valence electrons. The quantitative estimate of drug-likeness (QED) is 0.917. The van der Waals surface area contributed by atoms with Crippen LogP contribution in [0, 0.1) is 18.8 Å². The summed E-state index contributed by atoms with van der Waals surface area (Å²) in [6, 6.07) is 0.514. The Morgan fingerprint density at radius 1 is 1.25 bits per heavy atom. The summed E-state index contributed by atoms with van der Waals surface area (Å²) < 4.78 is 2.09. The van der Waals surface area contributed by atoms with Gasteiger partial charge in [0.25, 0.3) is 0 Å². The molecule has 0 radical (unpaired) electrons. The molecule has 0 spiro atoms. The van der Waals surface area contributed by atoms with E-state index in [4.69, 9.17) is 0 Å². The van der Waals surface area contributed by atoms with Crippen molar-refractivity contribution >= 4 is 5.82 Å². The van der Waals surface area contributed by atoms with Crippen LogP contribution in [0.1, 0.15) is 44.4 Å². The Kier molecular flexibility index (Phi) is 3.76. The number of rotatable bonds is 4. The summed E-state index contributed by atoms with van der Waals surface area (Å²) in [6.07, 6.45) is 4.30. The lowest BCUT2D eigenvalue weighted by Crippen LogP contribution is -2.27. The van der Waals surface area contributed by atoms with E-state index in [0.717, 1.165) is 18.4 Å². The van der Waals surface area contributed by atoms with Gasteiger partial charge in [0.1, 0.15) is 5.82 Å². The normalized spacial score (nSPS) is 25.8. The number of aromatic nitrogens is 2. The standard InChI is InChI=1S/C16H28N4/c1-11(2)17-8-15-12(3)18-19(4)16(15)20-9-13-6-5-7-14(13)10-20/h11,13-14,17H,5-10H2,1-4H3. The zero-order valence-corrected chi connectivity index (χ0v) is 13.3. The van der Waals surface area contributed by atoms with Gasteiger partial charge in [0.05, 0.1) is 5.69 Å². The number of hydrogen-bond acceptors (Lipinski definition) is 3. The molecule has 2 heterocycles. The van der Waals surface area contributed by atoms with E-state index in [2.05, 4.69) is 47.8 Å². The van der Waals surface area contributed by atoms with E-state index in [1.807, 2.05) is 0 Å². The van der Waals surface area contributed by atoms with Crippen molar-refractivity contribution in [3.8, 4) is 0 Å². The summed E-state index contributed by atoms with van der Waals surface area (Å²) in [5.74, 6) is 3.21. The molecule has 1 aromatic rings. The third-order valence-corrected chi connectivity index (χ3v) is 5.03. The highest BCUT2D eigenvalue weighted by Crippen LogP contribution is 2.40. The van der Waals surface area contributed by atoms with Crippen LogP contribution in [-0.4, -0.2) is 28.9 Å². The molecule has 2 aliphatic rings. The highest BCUT2D eigenvalue weighted by molar-refractivity contribution is 5.51. The van der Waals surface area contributed by atoms with E-state index in [-0.39, 0.29) is 0 Å². The number of nitrogens with one attached hydrogen (secondary N) is 1. The van der Waals surface area contributed by atoms with Gasteiger partial charge in [-0.15, -0.1) is 0 Å². The lowest BCUT2D eigenvalue weighted by molar-refractivity contribution is 0.494. The fourth-order valence-electron chi connectivity index (χ4n) is 4.01. The fraction of sp³-hybridized carbons (Fsp3) is 0.812. The summed E-state index contributed by atoms with van der Waals surface area (Å²) >= 11 is 0. The second-order valence-electron chi connectivity index (χ2n) is 6.90. The highest BCUT2D eigenvalue weighted by atomic mass is 15.4. The molecule has 4 nitrogen and oxygen atoms in total. The zero-order valence-electron chi connectivity index (χ0n) is 13.3. The molecule has 0 amide bonds. The summed E-state index contributed by atoms with van der Waals surface area (Å²) in [6.45, 7) is 9.93. The first-order valence-electron chi connectivity index (χ1n) is 8.07. The third-order valence-electron chi connectivity index (χ3n) is 5.03. The average Bonchev–Trinajstić information content (AvgIpc) is 2.99. The van der Waals surface area contributed by atoms with Crippen molar-refractivity contribution in [3.63, 3.8) is 0 Å². The Labute approximate surface area is 122 Å². The fourth-order valence-corrected chi connectivity index (χ4v) is 4.01. The molecule has 2 unspecified atom stereocenters. The van der Waals surface area contributed by atoms with Crippen LogP contribution in [0.3, 0.4) is 0 Å². The first-order valence-corrected chi connectivity index (χ1v) is 8.07. The number of hydrogen-bond donors (Lipinski definition) is 1. The van der Waals surface area contributed by atoms with Crippen molar-refractivity contribution in [1.29, 1.82) is 0 Å². The van der Waals surface area contributed by atoms with Gasteiger partial charge in [0.15, 0.2) is 0 Å². The maximum atomic E-state index is 4.66. The van der Waals surface area contributed by atoms with Gasteiger partial charge < -0.3 is 10.2 Å². The Morgan fingerprint density at radius 2 is 1.90 bits per heavy atom. The molecule has 1 aromatic heterocycles. The molecule has 2 atom stereocenters. The largest absolute Gasteiger partial charge is 0.356 e. The summed E-state index contributed by atoms with van der Waals surface area (Å²) in [7, 11) is 2.09. The maximum absolute atomic E-state index is 4.66. The zero-order chi connectivity index (χ0) is 14.3. The van der Waals surface area contributed by atoms with Crippen LogP contribution < -0.4 is 10.2 Å². The predicted octanol–water partition coefficient (Wildman–Crippen LogP) is 2.46. The minimum absolute atomic E-state index is 0.514. The highest BCUT2D eigenvalue weighted by Gasteiger charge is 2.37. The lowest BCUT2D eigenvalue weighted by Gasteiger charge is -2.22. The van der Waals surface area contributed by atoms with E-state index >= 15 is 0 Å². The second-order valence-corrected chi connectivity index (χ2v) is 6.90. The van der Waals surface area contributed by atoms with Gasteiger partial charge in [-0.25, -0.2) is 0 Å². The molecule has 4 heteroatoms. The molecular formula is C16H28N4. The molecule has 1 aliphatic heterocycles. The van der Waals surface area contributed by atoms with Crippen molar-refractivity contribution in [2.45, 2.75) is 52.6 Å². The minimum atomic E-state index is 0.514.